The van der Waals surface area contributed by atoms with Gasteiger partial charge in [0, 0.05) is 44.7 Å². The van der Waals surface area contributed by atoms with Crippen molar-refractivity contribution in [2.45, 2.75) is 38.8 Å². The van der Waals surface area contributed by atoms with Gasteiger partial charge in [-0.3, -0.25) is 9.69 Å². The summed E-state index contributed by atoms with van der Waals surface area (Å²) in [5, 5.41) is 3.06. The van der Waals surface area contributed by atoms with E-state index < -0.39 is 0 Å². The van der Waals surface area contributed by atoms with E-state index >= 15 is 0 Å². The predicted octanol–water partition coefficient (Wildman–Crippen LogP) is 3.12. The van der Waals surface area contributed by atoms with Crippen LogP contribution < -0.4 is 5.32 Å². The van der Waals surface area contributed by atoms with Crippen LogP contribution in [0.25, 0.3) is 0 Å². The number of nitrogens with zero attached hydrogens (tertiary/aromatic N) is 2. The van der Waals surface area contributed by atoms with Gasteiger partial charge >= 0.3 is 0 Å². The average Bonchev–Trinajstić information content (AvgIpc) is 3.03. The van der Waals surface area contributed by atoms with E-state index in [1.54, 1.807) is 0 Å². The molecule has 1 saturated heterocycles. The van der Waals surface area contributed by atoms with Crippen LogP contribution in [-0.4, -0.2) is 55.0 Å². The second kappa shape index (κ2) is 11.7. The molecule has 0 aliphatic carbocycles. The Morgan fingerprint density at radius 3 is 2.58 bits per heavy atom. The van der Waals surface area contributed by atoms with Gasteiger partial charge in [-0.25, -0.2) is 0 Å². The van der Waals surface area contributed by atoms with Crippen molar-refractivity contribution in [2.24, 2.45) is 0 Å². The molecule has 0 spiro atoms. The van der Waals surface area contributed by atoms with E-state index in [0.29, 0.717) is 18.5 Å². The minimum Gasteiger partial charge on any atom is -0.339 e. The number of nitrogens with one attached hydrogen (secondary N) is 1. The van der Waals surface area contributed by atoms with Crippen LogP contribution in [-0.2, 0) is 4.79 Å². The van der Waals surface area contributed by atoms with Crippen molar-refractivity contribution < 1.29 is 4.79 Å². The molecule has 1 heterocycles. The second-order valence-corrected chi connectivity index (χ2v) is 6.06. The van der Waals surface area contributed by atoms with Crippen LogP contribution in [0, 0.1) is 0 Å². The summed E-state index contributed by atoms with van der Waals surface area (Å²) in [5.41, 5.74) is 1.35. The van der Waals surface area contributed by atoms with Crippen LogP contribution in [0.2, 0.25) is 0 Å². The Balaban J connectivity index is 0.00000264. The first-order chi connectivity index (χ1) is 10.7. The SMILES string of the molecule is CCN(C(=O)CCNC)C1CCN(C(C)c2ccccc2)C1.Cl.Cl. The molecule has 4 nitrogen and oxygen atoms in total. The minimum atomic E-state index is 0. The number of carbonyl (C=O) groups is 1. The topological polar surface area (TPSA) is 35.6 Å². The van der Waals surface area contributed by atoms with E-state index in [2.05, 4.69) is 59.3 Å². The van der Waals surface area contributed by atoms with Gasteiger partial charge in [0.25, 0.3) is 0 Å². The first-order valence-electron chi connectivity index (χ1n) is 8.40. The summed E-state index contributed by atoms with van der Waals surface area (Å²) >= 11 is 0. The molecule has 2 atom stereocenters. The highest BCUT2D eigenvalue weighted by Gasteiger charge is 2.31. The van der Waals surface area contributed by atoms with Crippen molar-refractivity contribution >= 4 is 30.7 Å². The quantitative estimate of drug-likeness (QED) is 0.794. The second-order valence-electron chi connectivity index (χ2n) is 6.06. The smallest absolute Gasteiger partial charge is 0.224 e. The largest absolute Gasteiger partial charge is 0.339 e. The molecule has 6 heteroatoms. The Hall–Kier alpha value is -0.810. The molecule has 24 heavy (non-hydrogen) atoms. The zero-order valence-corrected chi connectivity index (χ0v) is 16.5. The fourth-order valence-electron chi connectivity index (χ4n) is 3.33. The lowest BCUT2D eigenvalue weighted by Crippen LogP contribution is -2.42. The molecule has 0 saturated carbocycles. The van der Waals surface area contributed by atoms with Crippen LogP contribution in [0.4, 0.5) is 0 Å². The number of hydrogen-bond donors (Lipinski definition) is 1. The van der Waals surface area contributed by atoms with Gasteiger partial charge < -0.3 is 10.2 Å². The number of carbonyl (C=O) groups excluding carboxylic acids is 1. The third kappa shape index (κ3) is 5.92. The lowest BCUT2D eigenvalue weighted by Gasteiger charge is -2.30. The van der Waals surface area contributed by atoms with Gasteiger partial charge in [0.2, 0.25) is 5.91 Å². The summed E-state index contributed by atoms with van der Waals surface area (Å²) in [6.07, 6.45) is 1.67. The Morgan fingerprint density at radius 1 is 1.33 bits per heavy atom. The van der Waals surface area contributed by atoms with Gasteiger partial charge in [-0.2, -0.15) is 0 Å². The molecule has 1 aliphatic heterocycles. The van der Waals surface area contributed by atoms with Crippen molar-refractivity contribution in [2.75, 3.05) is 33.2 Å². The molecule has 1 N–H and O–H groups in total. The molecule has 0 radical (unpaired) electrons. The van der Waals surface area contributed by atoms with Crippen molar-refractivity contribution in [3.8, 4) is 0 Å². The number of rotatable bonds is 7. The van der Waals surface area contributed by atoms with Crippen LogP contribution >= 0.6 is 24.8 Å². The average molecular weight is 376 g/mol. The fraction of sp³-hybridized carbons (Fsp3) is 0.611. The summed E-state index contributed by atoms with van der Waals surface area (Å²) in [5.74, 6) is 0.274. The molecule has 1 aromatic rings. The van der Waals surface area contributed by atoms with Gasteiger partial charge in [0.05, 0.1) is 0 Å². The summed E-state index contributed by atoms with van der Waals surface area (Å²) in [6, 6.07) is 11.4. The highest BCUT2D eigenvalue weighted by Crippen LogP contribution is 2.26. The van der Waals surface area contributed by atoms with Gasteiger partial charge in [0.15, 0.2) is 0 Å². The number of benzene rings is 1. The highest BCUT2D eigenvalue weighted by atomic mass is 35.5. The van der Waals surface area contributed by atoms with Crippen molar-refractivity contribution in [3.63, 3.8) is 0 Å². The number of halogens is 2. The van der Waals surface area contributed by atoms with Gasteiger partial charge in [-0.1, -0.05) is 30.3 Å². The molecule has 1 fully saturated rings. The van der Waals surface area contributed by atoms with Crippen LogP contribution in [0.3, 0.4) is 0 Å². The monoisotopic (exact) mass is 375 g/mol. The predicted molar refractivity (Wildman–Crippen MR) is 105 cm³/mol. The Morgan fingerprint density at radius 2 is 2.00 bits per heavy atom. The Bertz CT molecular complexity index is 473. The van der Waals surface area contributed by atoms with Crippen molar-refractivity contribution in [3.05, 3.63) is 35.9 Å². The van der Waals surface area contributed by atoms with Crippen LogP contribution in [0.5, 0.6) is 0 Å². The molecule has 1 amide bonds. The first-order valence-corrected chi connectivity index (χ1v) is 8.40. The number of likely N-dealkylation sites (N-methyl/N-ethyl adjacent to an activating group) is 1. The summed E-state index contributed by atoms with van der Waals surface area (Å²) < 4.78 is 0. The molecule has 1 aliphatic rings. The van der Waals surface area contributed by atoms with E-state index in [-0.39, 0.29) is 30.7 Å². The Labute approximate surface area is 158 Å². The summed E-state index contributed by atoms with van der Waals surface area (Å²) in [4.78, 5) is 16.9. The molecule has 138 valence electrons. The lowest BCUT2D eigenvalue weighted by atomic mass is 10.1. The fourth-order valence-corrected chi connectivity index (χ4v) is 3.33. The summed E-state index contributed by atoms with van der Waals surface area (Å²) in [6.45, 7) is 7.95. The van der Waals surface area contributed by atoms with E-state index in [1.165, 1.54) is 5.56 Å². The summed E-state index contributed by atoms with van der Waals surface area (Å²) in [7, 11) is 1.89. The first kappa shape index (κ1) is 23.2. The maximum atomic E-state index is 12.3. The zero-order chi connectivity index (χ0) is 15.9. The number of hydrogen-bond acceptors (Lipinski definition) is 3. The number of amides is 1. The van der Waals surface area contributed by atoms with Crippen LogP contribution in [0.15, 0.2) is 30.3 Å². The lowest BCUT2D eigenvalue weighted by molar-refractivity contribution is -0.133. The standard InChI is InChI=1S/C18H29N3O.2ClH/c1-4-21(18(22)10-12-19-3)17-11-13-20(14-17)15(2)16-8-6-5-7-9-16;;/h5-9,15,17,19H,4,10-14H2,1-3H3;2*1H. The maximum Gasteiger partial charge on any atom is 0.224 e. The zero-order valence-electron chi connectivity index (χ0n) is 14.9. The Kier molecular flexibility index (Phi) is 11.3. The molecular formula is C18H31Cl2N3O. The minimum absolute atomic E-state index is 0. The van der Waals surface area contributed by atoms with E-state index in [9.17, 15) is 4.79 Å². The highest BCUT2D eigenvalue weighted by molar-refractivity contribution is 5.85. The van der Waals surface area contributed by atoms with Crippen LogP contribution in [0.1, 0.15) is 38.3 Å². The third-order valence-electron chi connectivity index (χ3n) is 4.72. The van der Waals surface area contributed by atoms with Crippen molar-refractivity contribution in [1.29, 1.82) is 0 Å². The molecule has 2 rings (SSSR count). The van der Waals surface area contributed by atoms with Crippen molar-refractivity contribution in [1.82, 2.24) is 15.1 Å². The van der Waals surface area contributed by atoms with E-state index in [4.69, 9.17) is 0 Å². The molecule has 0 aromatic heterocycles. The number of likely N-dealkylation sites (tertiary alicyclic amines) is 1. The molecule has 2 unspecified atom stereocenters. The molecular weight excluding hydrogens is 345 g/mol. The third-order valence-corrected chi connectivity index (χ3v) is 4.72. The van der Waals surface area contributed by atoms with Gasteiger partial charge in [-0.15, -0.1) is 24.8 Å². The normalized spacial score (nSPS) is 18.4. The molecule has 1 aromatic carbocycles. The van der Waals surface area contributed by atoms with Gasteiger partial charge in [-0.05, 0) is 32.9 Å². The van der Waals surface area contributed by atoms with E-state index in [1.807, 2.05) is 7.05 Å². The molecule has 0 bridgehead atoms. The van der Waals surface area contributed by atoms with Gasteiger partial charge in [0.1, 0.15) is 0 Å². The maximum absolute atomic E-state index is 12.3. The van der Waals surface area contributed by atoms with E-state index in [0.717, 1.165) is 32.6 Å².